The number of hydrogen-bond donors (Lipinski definition) is 1. The van der Waals surface area contributed by atoms with Gasteiger partial charge in [0.15, 0.2) is 5.82 Å². The molecule has 1 saturated heterocycles. The summed E-state index contributed by atoms with van der Waals surface area (Å²) >= 11 is 0. The molecule has 31 heavy (non-hydrogen) atoms. The maximum atomic E-state index is 12.7. The van der Waals surface area contributed by atoms with Crippen LogP contribution in [0.4, 0.5) is 10.6 Å². The van der Waals surface area contributed by atoms with E-state index < -0.39 is 0 Å². The van der Waals surface area contributed by atoms with Gasteiger partial charge in [-0.05, 0) is 62.6 Å². The average molecular weight is 424 g/mol. The molecule has 1 aliphatic heterocycles. The van der Waals surface area contributed by atoms with E-state index in [0.717, 1.165) is 35.7 Å². The molecule has 0 spiro atoms. The smallest absolute Gasteiger partial charge is 0.323 e. The fraction of sp³-hybridized carbons (Fsp3) is 0.520. The number of nitrogens with one attached hydrogen (secondary N) is 1. The van der Waals surface area contributed by atoms with Gasteiger partial charge in [0.2, 0.25) is 0 Å². The van der Waals surface area contributed by atoms with Crippen molar-refractivity contribution >= 4 is 17.9 Å². The molecule has 166 valence electrons. The Hall–Kier alpha value is -2.76. The van der Waals surface area contributed by atoms with Gasteiger partial charge in [0, 0.05) is 18.7 Å². The molecule has 2 amide bonds. The third-order valence-electron chi connectivity index (χ3n) is 6.64. The Balaban J connectivity index is 1.34. The Morgan fingerprint density at radius 3 is 2.84 bits per heavy atom. The van der Waals surface area contributed by atoms with Gasteiger partial charge >= 0.3 is 6.03 Å². The number of piperidine rings is 1. The van der Waals surface area contributed by atoms with Crippen molar-refractivity contribution in [2.24, 2.45) is 11.8 Å². The minimum Gasteiger partial charge on any atom is -0.493 e. The second-order valence-corrected chi connectivity index (χ2v) is 8.99. The molecular formula is C25H33N3O3. The number of rotatable bonds is 5. The van der Waals surface area contributed by atoms with E-state index in [0.29, 0.717) is 30.7 Å². The molecule has 2 fully saturated rings. The zero-order chi connectivity index (χ0) is 21.8. The molecule has 2 heterocycles. The number of hydrogen-bond acceptors (Lipinski definition) is 4. The second-order valence-electron chi connectivity index (χ2n) is 8.99. The molecular weight excluding hydrogens is 390 g/mol. The molecule has 0 radical (unpaired) electrons. The predicted octanol–water partition coefficient (Wildman–Crippen LogP) is 5.82. The summed E-state index contributed by atoms with van der Waals surface area (Å²) in [5, 5.41) is 6.81. The highest BCUT2D eigenvalue weighted by molar-refractivity contribution is 5.89. The van der Waals surface area contributed by atoms with Crippen LogP contribution < -0.4 is 10.1 Å². The van der Waals surface area contributed by atoms with Crippen LogP contribution in [0.5, 0.6) is 5.75 Å². The first-order chi connectivity index (χ1) is 15.0. The van der Waals surface area contributed by atoms with Gasteiger partial charge < -0.3 is 14.2 Å². The monoisotopic (exact) mass is 423 g/mol. The molecule has 1 atom stereocenters. The highest BCUT2D eigenvalue weighted by Crippen LogP contribution is 2.28. The SMILES string of the molecule is Cc1onc(NC(=O)N2CC/C(=C\c3cccc(OCC4CCCC4)c3)C(C)C2)c1C. The number of anilines is 1. The standard InChI is InChI=1S/C25H33N3O3/c1-17-15-28(25(29)26-24-18(2)19(3)31-27-24)12-11-22(17)13-21-9-6-10-23(14-21)30-16-20-7-4-5-8-20/h6,9-10,13-14,17,20H,4-5,7-8,11-12,15-16H2,1-3H3,(H,26,27,29)/b22-13+. The molecule has 1 saturated carbocycles. The first-order valence-electron chi connectivity index (χ1n) is 11.4. The van der Waals surface area contributed by atoms with E-state index >= 15 is 0 Å². The minimum absolute atomic E-state index is 0.121. The van der Waals surface area contributed by atoms with Gasteiger partial charge in [-0.2, -0.15) is 0 Å². The summed E-state index contributed by atoms with van der Waals surface area (Å²) in [6, 6.07) is 8.23. The highest BCUT2D eigenvalue weighted by Gasteiger charge is 2.25. The molecule has 4 rings (SSSR count). The summed E-state index contributed by atoms with van der Waals surface area (Å²) in [5.41, 5.74) is 3.40. The summed E-state index contributed by atoms with van der Waals surface area (Å²) in [7, 11) is 0. The topological polar surface area (TPSA) is 67.6 Å². The van der Waals surface area contributed by atoms with Gasteiger partial charge in [-0.3, -0.25) is 5.32 Å². The number of amides is 2. The number of carbonyl (C=O) groups is 1. The van der Waals surface area contributed by atoms with E-state index in [9.17, 15) is 4.79 Å². The maximum Gasteiger partial charge on any atom is 0.323 e. The van der Waals surface area contributed by atoms with Gasteiger partial charge in [-0.25, -0.2) is 4.79 Å². The van der Waals surface area contributed by atoms with Crippen molar-refractivity contribution in [2.45, 2.75) is 52.9 Å². The fourth-order valence-corrected chi connectivity index (χ4v) is 4.46. The number of benzene rings is 1. The molecule has 1 aromatic heterocycles. The van der Waals surface area contributed by atoms with E-state index in [4.69, 9.17) is 9.26 Å². The van der Waals surface area contributed by atoms with Crippen molar-refractivity contribution < 1.29 is 14.1 Å². The number of aryl methyl sites for hydroxylation is 1. The van der Waals surface area contributed by atoms with Crippen LogP contribution in [0.3, 0.4) is 0 Å². The Morgan fingerprint density at radius 1 is 1.32 bits per heavy atom. The Morgan fingerprint density at radius 2 is 2.13 bits per heavy atom. The normalized spacial score (nSPS) is 20.9. The van der Waals surface area contributed by atoms with Crippen LogP contribution in [-0.4, -0.2) is 35.8 Å². The summed E-state index contributed by atoms with van der Waals surface area (Å²) in [6.07, 6.45) is 8.38. The average Bonchev–Trinajstić information content (AvgIpc) is 3.40. The van der Waals surface area contributed by atoms with Gasteiger partial charge in [0.25, 0.3) is 0 Å². The van der Waals surface area contributed by atoms with E-state index in [1.165, 1.54) is 31.3 Å². The lowest BCUT2D eigenvalue weighted by molar-refractivity contribution is 0.197. The third-order valence-corrected chi connectivity index (χ3v) is 6.64. The number of ether oxygens (including phenoxy) is 1. The lowest BCUT2D eigenvalue weighted by Crippen LogP contribution is -2.42. The van der Waals surface area contributed by atoms with Crippen LogP contribution in [0.25, 0.3) is 6.08 Å². The fourth-order valence-electron chi connectivity index (χ4n) is 4.46. The summed E-state index contributed by atoms with van der Waals surface area (Å²) in [6.45, 7) is 8.11. The Kier molecular flexibility index (Phi) is 6.64. The Bertz CT molecular complexity index is 943. The molecule has 1 N–H and O–H groups in total. The van der Waals surface area contributed by atoms with Crippen molar-refractivity contribution in [2.75, 3.05) is 25.0 Å². The first kappa shape index (κ1) is 21.5. The van der Waals surface area contributed by atoms with E-state index in [2.05, 4.69) is 41.7 Å². The van der Waals surface area contributed by atoms with Crippen molar-refractivity contribution in [3.8, 4) is 5.75 Å². The zero-order valence-electron chi connectivity index (χ0n) is 18.8. The van der Waals surface area contributed by atoms with Crippen LogP contribution in [0, 0.1) is 25.7 Å². The van der Waals surface area contributed by atoms with Gasteiger partial charge in [-0.1, -0.05) is 48.7 Å². The van der Waals surface area contributed by atoms with Gasteiger partial charge in [0.05, 0.1) is 6.61 Å². The van der Waals surface area contributed by atoms with E-state index in [-0.39, 0.29) is 6.03 Å². The molecule has 1 aliphatic carbocycles. The lowest BCUT2D eigenvalue weighted by Gasteiger charge is -2.33. The van der Waals surface area contributed by atoms with Crippen LogP contribution in [0.15, 0.2) is 34.4 Å². The van der Waals surface area contributed by atoms with Crippen LogP contribution in [0.2, 0.25) is 0 Å². The van der Waals surface area contributed by atoms with Crippen LogP contribution >= 0.6 is 0 Å². The van der Waals surface area contributed by atoms with Crippen molar-refractivity contribution in [1.29, 1.82) is 0 Å². The minimum atomic E-state index is -0.121. The highest BCUT2D eigenvalue weighted by atomic mass is 16.5. The molecule has 0 bridgehead atoms. The summed E-state index contributed by atoms with van der Waals surface area (Å²) < 4.78 is 11.2. The van der Waals surface area contributed by atoms with Crippen molar-refractivity contribution in [3.05, 3.63) is 46.7 Å². The van der Waals surface area contributed by atoms with Crippen molar-refractivity contribution in [3.63, 3.8) is 0 Å². The number of aromatic nitrogens is 1. The number of nitrogens with zero attached hydrogens (tertiary/aromatic N) is 2. The number of carbonyl (C=O) groups excluding carboxylic acids is 1. The summed E-state index contributed by atoms with van der Waals surface area (Å²) in [5.74, 6) is 3.18. The number of likely N-dealkylation sites (tertiary alicyclic amines) is 1. The van der Waals surface area contributed by atoms with Crippen molar-refractivity contribution in [1.82, 2.24) is 10.1 Å². The molecule has 6 heteroatoms. The van der Waals surface area contributed by atoms with Crippen LogP contribution in [-0.2, 0) is 0 Å². The predicted molar refractivity (Wildman–Crippen MR) is 122 cm³/mol. The Labute approximate surface area is 184 Å². The lowest BCUT2D eigenvalue weighted by atomic mass is 9.91. The van der Waals surface area contributed by atoms with E-state index in [1.807, 2.05) is 24.8 Å². The van der Waals surface area contributed by atoms with Crippen LogP contribution in [0.1, 0.15) is 55.9 Å². The van der Waals surface area contributed by atoms with E-state index in [1.54, 1.807) is 0 Å². The number of urea groups is 1. The maximum absolute atomic E-state index is 12.7. The van der Waals surface area contributed by atoms with Gasteiger partial charge in [-0.15, -0.1) is 0 Å². The molecule has 1 aromatic carbocycles. The first-order valence-corrected chi connectivity index (χ1v) is 11.4. The molecule has 6 nitrogen and oxygen atoms in total. The third kappa shape index (κ3) is 5.30. The van der Waals surface area contributed by atoms with Gasteiger partial charge in [0.1, 0.15) is 11.5 Å². The molecule has 2 aromatic rings. The quantitative estimate of drug-likeness (QED) is 0.658. The largest absolute Gasteiger partial charge is 0.493 e. The summed E-state index contributed by atoms with van der Waals surface area (Å²) in [4.78, 5) is 14.5. The molecule has 1 unspecified atom stereocenters. The zero-order valence-corrected chi connectivity index (χ0v) is 18.8. The second kappa shape index (κ2) is 9.58. The molecule has 2 aliphatic rings.